The van der Waals surface area contributed by atoms with Gasteiger partial charge in [0.15, 0.2) is 0 Å². The molecule has 3 heterocycles. The van der Waals surface area contributed by atoms with Gasteiger partial charge >= 0.3 is 12.1 Å². The van der Waals surface area contributed by atoms with E-state index in [1.807, 2.05) is 23.1 Å². The first-order valence-corrected chi connectivity index (χ1v) is 9.73. The van der Waals surface area contributed by atoms with Gasteiger partial charge < -0.3 is 19.5 Å². The molecule has 0 radical (unpaired) electrons. The number of aromatic nitrogens is 1. The molecule has 1 aromatic rings. The van der Waals surface area contributed by atoms with Gasteiger partial charge in [0.1, 0.15) is 5.60 Å². The molecule has 1 atom stereocenters. The Balaban J connectivity index is 0.000000396. The number of nitrogens with zero attached hydrogens (tertiary/aromatic N) is 2. The van der Waals surface area contributed by atoms with Crippen molar-refractivity contribution in [1.29, 1.82) is 0 Å². The molecule has 7 nitrogen and oxygen atoms in total. The van der Waals surface area contributed by atoms with Crippen molar-refractivity contribution in [2.45, 2.75) is 45.1 Å². The molecule has 10 heteroatoms. The van der Waals surface area contributed by atoms with Crippen molar-refractivity contribution in [3.05, 3.63) is 30.1 Å². The summed E-state index contributed by atoms with van der Waals surface area (Å²) in [7, 11) is 0. The Hall–Kier alpha value is -2.20. The van der Waals surface area contributed by atoms with E-state index in [4.69, 9.17) is 19.4 Å². The highest BCUT2D eigenvalue weighted by molar-refractivity contribution is 5.77. The first kappa shape index (κ1) is 24.1. The van der Waals surface area contributed by atoms with E-state index in [-0.39, 0.29) is 11.5 Å². The van der Waals surface area contributed by atoms with Crippen molar-refractivity contribution in [1.82, 2.24) is 9.88 Å². The Morgan fingerprint density at radius 3 is 2.57 bits per heavy atom. The van der Waals surface area contributed by atoms with E-state index >= 15 is 0 Å². The minimum Gasteiger partial charge on any atom is -0.475 e. The quantitative estimate of drug-likeness (QED) is 0.744. The Labute approximate surface area is 173 Å². The van der Waals surface area contributed by atoms with Gasteiger partial charge in [0.25, 0.3) is 0 Å². The fourth-order valence-corrected chi connectivity index (χ4v) is 3.41. The van der Waals surface area contributed by atoms with Crippen LogP contribution in [0.2, 0.25) is 0 Å². The van der Waals surface area contributed by atoms with E-state index in [2.05, 4.69) is 18.8 Å². The van der Waals surface area contributed by atoms with Crippen LogP contribution >= 0.6 is 0 Å². The number of carbonyl (C=O) groups is 2. The van der Waals surface area contributed by atoms with Crippen LogP contribution in [0.1, 0.15) is 32.4 Å². The number of pyridine rings is 1. The average Bonchev–Trinajstić information content (AvgIpc) is 3.04. The molecule has 2 aliphatic rings. The molecule has 1 unspecified atom stereocenters. The number of halogens is 3. The first-order valence-electron chi connectivity index (χ1n) is 9.73. The molecular weight excluding hydrogens is 405 g/mol. The summed E-state index contributed by atoms with van der Waals surface area (Å²) in [5.74, 6) is -1.74. The standard InChI is InChI=1S/C18H26N2O3.C2HF3O2/c1-14(2)9-17(21)20-12-18(13-20)15(6-8-23-18)10-22-11-16-5-3-4-7-19-16;3-2(4,5)1(6)7/h3-5,7,14-15H,6,8-13H2,1-2H3;(H,6,7). The van der Waals surface area contributed by atoms with Crippen LogP contribution in [0.5, 0.6) is 0 Å². The van der Waals surface area contributed by atoms with E-state index in [0.29, 0.717) is 31.5 Å². The molecule has 1 N–H and O–H groups in total. The number of alkyl halides is 3. The second-order valence-electron chi connectivity index (χ2n) is 7.89. The molecule has 2 fully saturated rings. The summed E-state index contributed by atoms with van der Waals surface area (Å²) in [5, 5.41) is 7.12. The predicted molar refractivity (Wildman–Crippen MR) is 100 cm³/mol. The van der Waals surface area contributed by atoms with Crippen LogP contribution in [0, 0.1) is 11.8 Å². The molecular formula is C20H27F3N2O5. The van der Waals surface area contributed by atoms with Crippen molar-refractivity contribution < 1.29 is 37.3 Å². The zero-order chi connectivity index (χ0) is 22.4. The van der Waals surface area contributed by atoms with Gasteiger partial charge in [-0.2, -0.15) is 13.2 Å². The van der Waals surface area contributed by atoms with Crippen molar-refractivity contribution >= 4 is 11.9 Å². The third-order valence-electron chi connectivity index (χ3n) is 4.99. The van der Waals surface area contributed by atoms with Crippen LogP contribution in [0.15, 0.2) is 24.4 Å². The summed E-state index contributed by atoms with van der Waals surface area (Å²) in [4.78, 5) is 27.2. The highest BCUT2D eigenvalue weighted by atomic mass is 19.4. The molecule has 1 spiro atoms. The lowest BCUT2D eigenvalue weighted by atomic mass is 9.81. The van der Waals surface area contributed by atoms with Crippen LogP contribution in [0.3, 0.4) is 0 Å². The number of carbonyl (C=O) groups excluding carboxylic acids is 1. The number of amides is 1. The summed E-state index contributed by atoms with van der Waals surface area (Å²) < 4.78 is 43.6. The van der Waals surface area contributed by atoms with Gasteiger partial charge in [0, 0.05) is 25.1 Å². The van der Waals surface area contributed by atoms with Crippen LogP contribution in [0.25, 0.3) is 0 Å². The van der Waals surface area contributed by atoms with E-state index < -0.39 is 12.1 Å². The maximum Gasteiger partial charge on any atom is 0.490 e. The highest BCUT2D eigenvalue weighted by Crippen LogP contribution is 2.40. The highest BCUT2D eigenvalue weighted by Gasteiger charge is 2.54. The summed E-state index contributed by atoms with van der Waals surface area (Å²) >= 11 is 0. The van der Waals surface area contributed by atoms with Gasteiger partial charge in [0.05, 0.1) is 32.0 Å². The second-order valence-corrected chi connectivity index (χ2v) is 7.89. The van der Waals surface area contributed by atoms with Crippen LogP contribution in [-0.2, 0) is 25.7 Å². The van der Waals surface area contributed by atoms with Crippen molar-refractivity contribution in [2.75, 3.05) is 26.3 Å². The molecule has 2 aliphatic heterocycles. The monoisotopic (exact) mass is 432 g/mol. The molecule has 3 rings (SSSR count). The third-order valence-corrected chi connectivity index (χ3v) is 4.99. The molecule has 30 heavy (non-hydrogen) atoms. The summed E-state index contributed by atoms with van der Waals surface area (Å²) in [5.41, 5.74) is 0.777. The number of hydrogen-bond donors (Lipinski definition) is 1. The fraction of sp³-hybridized carbons (Fsp3) is 0.650. The molecule has 0 bridgehead atoms. The summed E-state index contributed by atoms with van der Waals surface area (Å²) in [6, 6.07) is 5.84. The number of ether oxygens (including phenoxy) is 2. The van der Waals surface area contributed by atoms with Crippen LogP contribution in [-0.4, -0.2) is 64.9 Å². The molecule has 1 amide bonds. The Morgan fingerprint density at radius 1 is 1.37 bits per heavy atom. The largest absolute Gasteiger partial charge is 0.490 e. The van der Waals surface area contributed by atoms with Gasteiger partial charge in [0.2, 0.25) is 5.91 Å². The molecule has 0 aromatic carbocycles. The van der Waals surface area contributed by atoms with Gasteiger partial charge in [-0.25, -0.2) is 4.79 Å². The summed E-state index contributed by atoms with van der Waals surface area (Å²) in [6.45, 7) is 7.56. The fourth-order valence-electron chi connectivity index (χ4n) is 3.41. The SMILES string of the molecule is CC(C)CC(=O)N1CC2(C1)OCCC2COCc1ccccn1.O=C(O)C(F)(F)F. The Morgan fingerprint density at radius 2 is 2.03 bits per heavy atom. The number of carboxylic acid groups (broad SMARTS) is 1. The number of hydrogen-bond acceptors (Lipinski definition) is 5. The Bertz CT molecular complexity index is 706. The van der Waals surface area contributed by atoms with E-state index in [1.54, 1.807) is 6.20 Å². The van der Waals surface area contributed by atoms with Crippen molar-refractivity contribution in [2.24, 2.45) is 11.8 Å². The average molecular weight is 432 g/mol. The van der Waals surface area contributed by atoms with E-state index in [1.165, 1.54) is 0 Å². The lowest BCUT2D eigenvalue weighted by Crippen LogP contribution is -2.66. The van der Waals surface area contributed by atoms with Gasteiger partial charge in [-0.15, -0.1) is 0 Å². The maximum atomic E-state index is 12.1. The predicted octanol–water partition coefficient (Wildman–Crippen LogP) is 2.90. The summed E-state index contributed by atoms with van der Waals surface area (Å²) in [6.07, 6.45) is -1.67. The van der Waals surface area contributed by atoms with Crippen LogP contribution < -0.4 is 0 Å². The topological polar surface area (TPSA) is 89.0 Å². The zero-order valence-corrected chi connectivity index (χ0v) is 17.0. The maximum absolute atomic E-state index is 12.1. The van der Waals surface area contributed by atoms with Gasteiger partial charge in [-0.1, -0.05) is 19.9 Å². The minimum absolute atomic E-state index is 0.170. The lowest BCUT2D eigenvalue weighted by Gasteiger charge is -2.50. The van der Waals surface area contributed by atoms with E-state index in [9.17, 15) is 18.0 Å². The zero-order valence-electron chi connectivity index (χ0n) is 17.0. The number of aliphatic carboxylic acids is 1. The Kier molecular flexibility index (Phi) is 8.19. The molecule has 168 valence electrons. The number of carboxylic acids is 1. The van der Waals surface area contributed by atoms with E-state index in [0.717, 1.165) is 31.8 Å². The van der Waals surface area contributed by atoms with Crippen molar-refractivity contribution in [3.8, 4) is 0 Å². The molecule has 2 saturated heterocycles. The third kappa shape index (κ3) is 6.66. The normalized spacial score (nSPS) is 19.9. The number of likely N-dealkylation sites (tertiary alicyclic amines) is 1. The molecule has 0 aliphatic carbocycles. The first-order chi connectivity index (χ1) is 14.0. The molecule has 1 aromatic heterocycles. The second kappa shape index (κ2) is 10.2. The molecule has 0 saturated carbocycles. The van der Waals surface area contributed by atoms with Crippen LogP contribution in [0.4, 0.5) is 13.2 Å². The lowest BCUT2D eigenvalue weighted by molar-refractivity contribution is -0.192. The van der Waals surface area contributed by atoms with Crippen molar-refractivity contribution in [3.63, 3.8) is 0 Å². The smallest absolute Gasteiger partial charge is 0.475 e. The minimum atomic E-state index is -5.08. The number of rotatable bonds is 6. The van der Waals surface area contributed by atoms with Gasteiger partial charge in [-0.05, 0) is 24.5 Å². The van der Waals surface area contributed by atoms with Gasteiger partial charge in [-0.3, -0.25) is 9.78 Å².